The van der Waals surface area contributed by atoms with E-state index in [9.17, 15) is 13.9 Å². The van der Waals surface area contributed by atoms with Crippen molar-refractivity contribution in [3.63, 3.8) is 0 Å². The second kappa shape index (κ2) is 8.48. The van der Waals surface area contributed by atoms with Crippen molar-refractivity contribution in [3.05, 3.63) is 77.9 Å². The minimum atomic E-state index is -1.65. The van der Waals surface area contributed by atoms with E-state index in [0.29, 0.717) is 5.92 Å². The first kappa shape index (κ1) is 19.9. The van der Waals surface area contributed by atoms with Crippen LogP contribution < -0.4 is 5.32 Å². The van der Waals surface area contributed by atoms with E-state index in [1.165, 1.54) is 29.0 Å². The molecule has 28 heavy (non-hydrogen) atoms. The lowest BCUT2D eigenvalue weighted by molar-refractivity contribution is 0.0247. The summed E-state index contributed by atoms with van der Waals surface area (Å²) in [6.07, 6.45) is 3.79. The van der Waals surface area contributed by atoms with Crippen molar-refractivity contribution in [2.24, 2.45) is 0 Å². The van der Waals surface area contributed by atoms with Crippen LogP contribution in [0.5, 0.6) is 0 Å². The molecule has 2 atom stereocenters. The predicted molar refractivity (Wildman–Crippen MR) is 104 cm³/mol. The molecule has 1 heterocycles. The molecule has 0 aliphatic rings. The van der Waals surface area contributed by atoms with Gasteiger partial charge in [-0.05, 0) is 36.1 Å². The maximum Gasteiger partial charge on any atom is 0.137 e. The van der Waals surface area contributed by atoms with Gasteiger partial charge in [0.1, 0.15) is 29.9 Å². The molecule has 0 amide bonds. The number of hydrogen-bond donors (Lipinski definition) is 2. The van der Waals surface area contributed by atoms with Gasteiger partial charge in [0.15, 0.2) is 0 Å². The number of aliphatic hydroxyl groups is 1. The number of aromatic nitrogens is 3. The zero-order chi connectivity index (χ0) is 20.1. The first-order valence-electron chi connectivity index (χ1n) is 9.25. The highest BCUT2D eigenvalue weighted by molar-refractivity contribution is 5.47. The summed E-state index contributed by atoms with van der Waals surface area (Å²) in [5.41, 5.74) is 0.338. The molecule has 2 unspecified atom stereocenters. The van der Waals surface area contributed by atoms with Crippen LogP contribution in [0, 0.1) is 11.6 Å². The molecular formula is C21H24F2N4O. The van der Waals surface area contributed by atoms with Crippen LogP contribution in [0.4, 0.5) is 14.5 Å². The van der Waals surface area contributed by atoms with E-state index in [2.05, 4.69) is 35.3 Å². The van der Waals surface area contributed by atoms with Crippen LogP contribution in [0.15, 0.2) is 55.1 Å². The number of hydrogen-bond acceptors (Lipinski definition) is 4. The first-order valence-corrected chi connectivity index (χ1v) is 9.25. The van der Waals surface area contributed by atoms with E-state index in [-0.39, 0.29) is 18.7 Å². The van der Waals surface area contributed by atoms with Crippen molar-refractivity contribution in [3.8, 4) is 0 Å². The lowest BCUT2D eigenvalue weighted by Gasteiger charge is -2.29. The van der Waals surface area contributed by atoms with Crippen LogP contribution in [-0.4, -0.2) is 26.4 Å². The van der Waals surface area contributed by atoms with Crippen LogP contribution in [0.2, 0.25) is 0 Å². The fourth-order valence-electron chi connectivity index (χ4n) is 3.12. The Hall–Kier alpha value is -2.80. The van der Waals surface area contributed by atoms with Gasteiger partial charge in [-0.25, -0.2) is 18.4 Å². The molecule has 3 rings (SSSR count). The van der Waals surface area contributed by atoms with Gasteiger partial charge in [-0.1, -0.05) is 32.0 Å². The van der Waals surface area contributed by atoms with Crippen molar-refractivity contribution < 1.29 is 13.9 Å². The molecule has 0 spiro atoms. The first-order chi connectivity index (χ1) is 13.4. The van der Waals surface area contributed by atoms with Gasteiger partial charge in [0, 0.05) is 23.9 Å². The molecule has 0 radical (unpaired) electrons. The van der Waals surface area contributed by atoms with E-state index in [1.54, 1.807) is 0 Å². The van der Waals surface area contributed by atoms with Crippen LogP contribution >= 0.6 is 0 Å². The highest BCUT2D eigenvalue weighted by atomic mass is 19.1. The second-order valence-corrected chi connectivity index (χ2v) is 7.04. The minimum absolute atomic E-state index is 0.00465. The molecule has 0 aliphatic heterocycles. The van der Waals surface area contributed by atoms with Gasteiger partial charge in [0.25, 0.3) is 0 Å². The van der Waals surface area contributed by atoms with Crippen molar-refractivity contribution in [1.29, 1.82) is 0 Å². The van der Waals surface area contributed by atoms with Crippen LogP contribution in [-0.2, 0) is 12.1 Å². The van der Waals surface area contributed by atoms with E-state index in [1.807, 2.05) is 18.2 Å². The second-order valence-electron chi connectivity index (χ2n) is 7.04. The molecular weight excluding hydrogens is 362 g/mol. The minimum Gasteiger partial charge on any atom is -0.382 e. The molecule has 2 aromatic carbocycles. The predicted octanol–water partition coefficient (Wildman–Crippen LogP) is 4.07. The highest BCUT2D eigenvalue weighted by Crippen LogP contribution is 2.28. The summed E-state index contributed by atoms with van der Waals surface area (Å²) < 4.78 is 29.2. The molecule has 148 valence electrons. The average Bonchev–Trinajstić information content (AvgIpc) is 3.18. The maximum atomic E-state index is 14.4. The Morgan fingerprint density at radius 2 is 2.04 bits per heavy atom. The van der Waals surface area contributed by atoms with Gasteiger partial charge < -0.3 is 10.4 Å². The molecule has 0 aliphatic carbocycles. The normalized spacial score (nSPS) is 14.5. The molecule has 0 saturated carbocycles. The fourth-order valence-corrected chi connectivity index (χ4v) is 3.12. The van der Waals surface area contributed by atoms with Gasteiger partial charge in [0.05, 0.1) is 6.54 Å². The van der Waals surface area contributed by atoms with E-state index >= 15 is 0 Å². The van der Waals surface area contributed by atoms with E-state index in [4.69, 9.17) is 0 Å². The maximum absolute atomic E-state index is 14.4. The Balaban J connectivity index is 1.87. The molecule has 0 fully saturated rings. The third-order valence-corrected chi connectivity index (χ3v) is 4.98. The number of nitrogens with zero attached hydrogens (tertiary/aromatic N) is 3. The standard InChI is InChI=1S/C21H24F2N4O/c1-3-15(2)16-5-4-6-18(9-16)25-11-21(28,12-27-14-24-13-26-27)19-8-7-17(22)10-20(19)23/h4-10,13-15,25,28H,3,11-12H2,1-2H3. The van der Waals surface area contributed by atoms with E-state index < -0.39 is 17.2 Å². The van der Waals surface area contributed by atoms with E-state index in [0.717, 1.165) is 24.2 Å². The van der Waals surface area contributed by atoms with Crippen molar-refractivity contribution in [1.82, 2.24) is 14.8 Å². The quantitative estimate of drug-likeness (QED) is 0.613. The number of benzene rings is 2. The van der Waals surface area contributed by atoms with Gasteiger partial charge in [-0.2, -0.15) is 5.10 Å². The molecule has 7 heteroatoms. The lowest BCUT2D eigenvalue weighted by Crippen LogP contribution is -2.39. The number of rotatable bonds is 8. The largest absolute Gasteiger partial charge is 0.382 e. The average molecular weight is 386 g/mol. The van der Waals surface area contributed by atoms with Gasteiger partial charge in [-0.3, -0.25) is 0 Å². The molecule has 5 nitrogen and oxygen atoms in total. The zero-order valence-electron chi connectivity index (χ0n) is 15.9. The number of nitrogens with one attached hydrogen (secondary N) is 1. The molecule has 0 saturated heterocycles. The molecule has 2 N–H and O–H groups in total. The van der Waals surface area contributed by atoms with Crippen molar-refractivity contribution in [2.75, 3.05) is 11.9 Å². The SMILES string of the molecule is CCC(C)c1cccc(NCC(O)(Cn2cncn2)c2ccc(F)cc2F)c1. The van der Waals surface area contributed by atoms with Crippen LogP contribution in [0.3, 0.4) is 0 Å². The summed E-state index contributed by atoms with van der Waals surface area (Å²) in [4.78, 5) is 3.86. The topological polar surface area (TPSA) is 63.0 Å². The number of halogens is 2. The summed E-state index contributed by atoms with van der Waals surface area (Å²) in [7, 11) is 0. The third kappa shape index (κ3) is 4.54. The van der Waals surface area contributed by atoms with Crippen molar-refractivity contribution in [2.45, 2.75) is 38.3 Å². The highest BCUT2D eigenvalue weighted by Gasteiger charge is 2.33. The molecule has 3 aromatic rings. The molecule has 0 bridgehead atoms. The summed E-state index contributed by atoms with van der Waals surface area (Å²) >= 11 is 0. The van der Waals surface area contributed by atoms with Gasteiger partial charge in [0.2, 0.25) is 0 Å². The Morgan fingerprint density at radius 3 is 2.71 bits per heavy atom. The van der Waals surface area contributed by atoms with Gasteiger partial charge >= 0.3 is 0 Å². The Labute approximate surface area is 163 Å². The van der Waals surface area contributed by atoms with Crippen LogP contribution in [0.1, 0.15) is 37.3 Å². The Bertz CT molecular complexity index is 917. The summed E-state index contributed by atoms with van der Waals surface area (Å²) in [5.74, 6) is -1.10. The monoisotopic (exact) mass is 386 g/mol. The summed E-state index contributed by atoms with van der Waals surface area (Å²) in [6, 6.07) is 11.1. The Morgan fingerprint density at radius 1 is 1.21 bits per heavy atom. The fraction of sp³-hybridized carbons (Fsp3) is 0.333. The lowest BCUT2D eigenvalue weighted by atomic mass is 9.92. The third-order valence-electron chi connectivity index (χ3n) is 4.98. The summed E-state index contributed by atoms with van der Waals surface area (Å²) in [6.45, 7) is 4.25. The van der Waals surface area contributed by atoms with Crippen molar-refractivity contribution >= 4 is 5.69 Å². The summed E-state index contributed by atoms with van der Waals surface area (Å²) in [5, 5.41) is 18.5. The molecule has 1 aromatic heterocycles. The zero-order valence-corrected chi connectivity index (χ0v) is 15.9. The Kier molecular flexibility index (Phi) is 6.04. The van der Waals surface area contributed by atoms with Gasteiger partial charge in [-0.15, -0.1) is 0 Å². The van der Waals surface area contributed by atoms with Crippen LogP contribution in [0.25, 0.3) is 0 Å². The number of anilines is 1. The smallest absolute Gasteiger partial charge is 0.137 e.